The van der Waals surface area contributed by atoms with Crippen LogP contribution in [-0.4, -0.2) is 11.6 Å². The van der Waals surface area contributed by atoms with Gasteiger partial charge >= 0.3 is 0 Å². The topological polar surface area (TPSA) is 22.1 Å². The zero-order valence-electron chi connectivity index (χ0n) is 6.66. The molecule has 1 aromatic heterocycles. The van der Waals surface area contributed by atoms with E-state index in [4.69, 9.17) is 16.3 Å². The Morgan fingerprint density at radius 1 is 1.58 bits per heavy atom. The van der Waals surface area contributed by atoms with Gasteiger partial charge in [-0.1, -0.05) is 17.7 Å². The first-order valence-electron chi connectivity index (χ1n) is 4.10. The highest BCUT2D eigenvalue weighted by Crippen LogP contribution is 2.31. The molecule has 0 aliphatic carbocycles. The van der Waals surface area contributed by atoms with Crippen LogP contribution in [0.4, 0.5) is 0 Å². The molecule has 0 radical (unpaired) electrons. The lowest BCUT2D eigenvalue weighted by molar-refractivity contribution is 0.112. The van der Waals surface area contributed by atoms with Gasteiger partial charge in [0, 0.05) is 18.4 Å². The first kappa shape index (κ1) is 8.02. The van der Waals surface area contributed by atoms with Crippen molar-refractivity contribution >= 4 is 11.6 Å². The van der Waals surface area contributed by atoms with Gasteiger partial charge in [0.25, 0.3) is 0 Å². The Bertz CT molecular complexity index is 271. The molecule has 0 amide bonds. The van der Waals surface area contributed by atoms with E-state index < -0.39 is 0 Å². The zero-order valence-corrected chi connectivity index (χ0v) is 7.42. The van der Waals surface area contributed by atoms with Crippen LogP contribution in [0.1, 0.15) is 24.5 Å². The van der Waals surface area contributed by atoms with Crippen LogP contribution in [0.5, 0.6) is 0 Å². The Hall–Kier alpha value is -0.600. The van der Waals surface area contributed by atoms with Crippen LogP contribution in [0.3, 0.4) is 0 Å². The third-order valence-electron chi connectivity index (χ3n) is 2.06. The minimum Gasteiger partial charge on any atom is -0.373 e. The van der Waals surface area contributed by atoms with Crippen molar-refractivity contribution in [3.8, 4) is 0 Å². The molecule has 1 aliphatic heterocycles. The van der Waals surface area contributed by atoms with Crippen molar-refractivity contribution in [2.24, 2.45) is 0 Å². The molecule has 1 aromatic rings. The summed E-state index contributed by atoms with van der Waals surface area (Å²) in [6.07, 6.45) is 4.05. The van der Waals surface area contributed by atoms with E-state index >= 15 is 0 Å². The Balaban J connectivity index is 2.26. The van der Waals surface area contributed by atoms with Gasteiger partial charge < -0.3 is 4.74 Å². The van der Waals surface area contributed by atoms with Gasteiger partial charge in [0.05, 0.1) is 6.10 Å². The number of halogens is 1. The summed E-state index contributed by atoms with van der Waals surface area (Å²) in [4.78, 5) is 4.01. The Morgan fingerprint density at radius 3 is 3.17 bits per heavy atom. The summed E-state index contributed by atoms with van der Waals surface area (Å²) in [5, 5.41) is 0.574. The molecule has 0 N–H and O–H groups in total. The summed E-state index contributed by atoms with van der Waals surface area (Å²) in [6, 6.07) is 3.87. The predicted octanol–water partition coefficient (Wildman–Crippen LogP) is 2.59. The Kier molecular flexibility index (Phi) is 2.28. The van der Waals surface area contributed by atoms with Crippen molar-refractivity contribution in [1.29, 1.82) is 0 Å². The molecule has 2 nitrogen and oxygen atoms in total. The summed E-state index contributed by atoms with van der Waals surface area (Å²) in [5.74, 6) is 0. The van der Waals surface area contributed by atoms with Crippen molar-refractivity contribution in [2.45, 2.75) is 18.9 Å². The monoisotopic (exact) mass is 183 g/mol. The maximum atomic E-state index is 5.91. The molecule has 1 fully saturated rings. The second kappa shape index (κ2) is 3.42. The van der Waals surface area contributed by atoms with E-state index in [0.717, 1.165) is 25.0 Å². The van der Waals surface area contributed by atoms with Gasteiger partial charge in [0.1, 0.15) is 5.15 Å². The smallest absolute Gasteiger partial charge is 0.134 e. The highest BCUT2D eigenvalue weighted by atomic mass is 35.5. The summed E-state index contributed by atoms with van der Waals surface area (Å²) in [7, 11) is 0. The fourth-order valence-corrected chi connectivity index (χ4v) is 1.70. The van der Waals surface area contributed by atoms with E-state index in [0.29, 0.717) is 5.15 Å². The van der Waals surface area contributed by atoms with Gasteiger partial charge in [-0.3, -0.25) is 0 Å². The molecule has 2 heterocycles. The van der Waals surface area contributed by atoms with Gasteiger partial charge in [0.2, 0.25) is 0 Å². The number of hydrogen-bond donors (Lipinski definition) is 0. The summed E-state index contributed by atoms with van der Waals surface area (Å²) >= 11 is 5.91. The maximum Gasteiger partial charge on any atom is 0.134 e. The van der Waals surface area contributed by atoms with Crippen LogP contribution in [0.25, 0.3) is 0 Å². The molecule has 12 heavy (non-hydrogen) atoms. The Morgan fingerprint density at radius 2 is 2.50 bits per heavy atom. The molecule has 0 bridgehead atoms. The molecule has 0 aromatic carbocycles. The largest absolute Gasteiger partial charge is 0.373 e. The fourth-order valence-electron chi connectivity index (χ4n) is 1.46. The van der Waals surface area contributed by atoms with Crippen molar-refractivity contribution in [2.75, 3.05) is 6.61 Å². The molecule has 2 rings (SSSR count). The van der Waals surface area contributed by atoms with Gasteiger partial charge in [-0.2, -0.15) is 0 Å². The van der Waals surface area contributed by atoms with Gasteiger partial charge in [-0.15, -0.1) is 0 Å². The standard InChI is InChI=1S/C9H10ClNO/c10-9-7(3-1-5-11-9)8-4-2-6-12-8/h1,3,5,8H,2,4,6H2. The minimum absolute atomic E-state index is 0.172. The SMILES string of the molecule is Clc1ncccc1C1CCCO1. The second-order valence-electron chi connectivity index (χ2n) is 2.89. The minimum atomic E-state index is 0.172. The Labute approximate surface area is 76.5 Å². The van der Waals surface area contributed by atoms with Gasteiger partial charge in [-0.25, -0.2) is 4.98 Å². The summed E-state index contributed by atoms with van der Waals surface area (Å²) < 4.78 is 5.50. The van der Waals surface area contributed by atoms with Gasteiger partial charge in [0.15, 0.2) is 0 Å². The number of nitrogens with zero attached hydrogens (tertiary/aromatic N) is 1. The summed E-state index contributed by atoms with van der Waals surface area (Å²) in [6.45, 7) is 0.843. The maximum absolute atomic E-state index is 5.91. The molecule has 0 spiro atoms. The molecule has 64 valence electrons. The van der Waals surface area contributed by atoms with Crippen LogP contribution in [0, 0.1) is 0 Å². The second-order valence-corrected chi connectivity index (χ2v) is 3.24. The lowest BCUT2D eigenvalue weighted by atomic mass is 10.1. The van der Waals surface area contributed by atoms with E-state index in [2.05, 4.69) is 4.98 Å². The van der Waals surface area contributed by atoms with Crippen LogP contribution in [-0.2, 0) is 4.74 Å². The normalized spacial score (nSPS) is 22.9. The molecule has 1 unspecified atom stereocenters. The highest BCUT2D eigenvalue weighted by molar-refractivity contribution is 6.30. The first-order valence-corrected chi connectivity index (χ1v) is 4.48. The fraction of sp³-hybridized carbons (Fsp3) is 0.444. The first-order chi connectivity index (χ1) is 5.88. The van der Waals surface area contributed by atoms with E-state index in [-0.39, 0.29) is 6.10 Å². The van der Waals surface area contributed by atoms with Crippen molar-refractivity contribution in [3.63, 3.8) is 0 Å². The predicted molar refractivity (Wildman–Crippen MR) is 47.2 cm³/mol. The molecule has 0 saturated carbocycles. The summed E-state index contributed by atoms with van der Waals surface area (Å²) in [5.41, 5.74) is 1.02. The third kappa shape index (κ3) is 1.45. The molecule has 3 heteroatoms. The van der Waals surface area contributed by atoms with Gasteiger partial charge in [-0.05, 0) is 18.9 Å². The van der Waals surface area contributed by atoms with Crippen molar-refractivity contribution < 1.29 is 4.74 Å². The molecule has 1 aliphatic rings. The number of pyridine rings is 1. The third-order valence-corrected chi connectivity index (χ3v) is 2.38. The van der Waals surface area contributed by atoms with Crippen LogP contribution >= 0.6 is 11.6 Å². The number of ether oxygens (including phenoxy) is 1. The average molecular weight is 184 g/mol. The highest BCUT2D eigenvalue weighted by Gasteiger charge is 2.19. The van der Waals surface area contributed by atoms with E-state index in [1.807, 2.05) is 12.1 Å². The lowest BCUT2D eigenvalue weighted by Crippen LogP contribution is -1.97. The number of aromatic nitrogens is 1. The van der Waals surface area contributed by atoms with E-state index in [1.54, 1.807) is 6.20 Å². The van der Waals surface area contributed by atoms with Crippen molar-refractivity contribution in [1.82, 2.24) is 4.98 Å². The lowest BCUT2D eigenvalue weighted by Gasteiger charge is -2.09. The quantitative estimate of drug-likeness (QED) is 0.625. The molecule has 1 saturated heterocycles. The van der Waals surface area contributed by atoms with E-state index in [1.165, 1.54) is 0 Å². The molecular weight excluding hydrogens is 174 g/mol. The van der Waals surface area contributed by atoms with Crippen LogP contribution < -0.4 is 0 Å². The van der Waals surface area contributed by atoms with Crippen LogP contribution in [0.15, 0.2) is 18.3 Å². The molecular formula is C9H10ClNO. The molecule has 1 atom stereocenters. The average Bonchev–Trinajstić information content (AvgIpc) is 2.57. The number of rotatable bonds is 1. The number of hydrogen-bond acceptors (Lipinski definition) is 2. The van der Waals surface area contributed by atoms with Crippen LogP contribution in [0.2, 0.25) is 5.15 Å². The van der Waals surface area contributed by atoms with E-state index in [9.17, 15) is 0 Å². The zero-order chi connectivity index (χ0) is 8.39. The van der Waals surface area contributed by atoms with Crippen molar-refractivity contribution in [3.05, 3.63) is 29.0 Å².